The van der Waals surface area contributed by atoms with Crippen molar-refractivity contribution in [3.05, 3.63) is 143 Å². The number of carbonyl (C=O) groups excluding carboxylic acids is 1. The van der Waals surface area contributed by atoms with Crippen molar-refractivity contribution in [2.24, 2.45) is 5.41 Å². The molecule has 7 rings (SSSR count). The summed E-state index contributed by atoms with van der Waals surface area (Å²) in [6, 6.07) is 35.0. The van der Waals surface area contributed by atoms with E-state index in [1.807, 2.05) is 87.6 Å². The molecule has 4 aromatic carbocycles. The van der Waals surface area contributed by atoms with Gasteiger partial charge in [0.15, 0.2) is 0 Å². The summed E-state index contributed by atoms with van der Waals surface area (Å²) in [5.41, 5.74) is 5.40. The number of ether oxygens (including phenoxy) is 1. The van der Waals surface area contributed by atoms with Crippen molar-refractivity contribution in [2.45, 2.75) is 63.4 Å². The number of nitrogens with zero attached hydrogens (tertiary/aromatic N) is 1. The summed E-state index contributed by atoms with van der Waals surface area (Å²) in [5, 5.41) is 23.1. The van der Waals surface area contributed by atoms with Crippen LogP contribution in [0.4, 0.5) is 0 Å². The van der Waals surface area contributed by atoms with Crippen LogP contribution in [-0.4, -0.2) is 32.9 Å². The second-order valence-electron chi connectivity index (χ2n) is 13.0. The highest BCUT2D eigenvalue weighted by atomic mass is 16.5. The Morgan fingerprint density at radius 2 is 1.26 bits per heavy atom. The van der Waals surface area contributed by atoms with Crippen molar-refractivity contribution in [2.75, 3.05) is 0 Å². The molecule has 2 N–H and O–H groups in total. The van der Waals surface area contributed by atoms with Crippen molar-refractivity contribution in [1.29, 1.82) is 0 Å². The first kappa shape index (κ1) is 27.8. The van der Waals surface area contributed by atoms with Gasteiger partial charge >= 0.3 is 0 Å². The molecule has 0 amide bonds. The lowest BCUT2D eigenvalue weighted by molar-refractivity contribution is -0.00195. The Labute approximate surface area is 252 Å². The predicted molar refractivity (Wildman–Crippen MR) is 168 cm³/mol. The molecule has 2 bridgehead atoms. The van der Waals surface area contributed by atoms with Gasteiger partial charge in [-0.25, -0.2) is 0 Å². The maximum Gasteiger partial charge on any atom is 0.236 e. The number of hydrogen-bond donors (Lipinski definition) is 2. The van der Waals surface area contributed by atoms with Gasteiger partial charge in [0.1, 0.15) is 5.60 Å². The largest absolute Gasteiger partial charge is 0.390 e. The Morgan fingerprint density at radius 3 is 1.74 bits per heavy atom. The molecule has 218 valence electrons. The van der Waals surface area contributed by atoms with E-state index in [-0.39, 0.29) is 24.3 Å². The Kier molecular flexibility index (Phi) is 6.66. The third-order valence-electron chi connectivity index (χ3n) is 9.41. The van der Waals surface area contributed by atoms with Crippen LogP contribution in [0.2, 0.25) is 0 Å². The van der Waals surface area contributed by atoms with Gasteiger partial charge in [0.2, 0.25) is 5.91 Å². The number of fused-ring (bicyclic) bond motifs is 7. The van der Waals surface area contributed by atoms with E-state index in [4.69, 9.17) is 4.74 Å². The lowest BCUT2D eigenvalue weighted by atomic mass is 9.79. The summed E-state index contributed by atoms with van der Waals surface area (Å²) in [4.78, 5) is 13.5. The molecule has 0 aliphatic heterocycles. The van der Waals surface area contributed by atoms with Gasteiger partial charge in [-0.3, -0.25) is 9.36 Å². The van der Waals surface area contributed by atoms with Crippen LogP contribution in [0.3, 0.4) is 0 Å². The maximum absolute atomic E-state index is 13.5. The van der Waals surface area contributed by atoms with Crippen molar-refractivity contribution in [3.8, 4) is 0 Å². The summed E-state index contributed by atoms with van der Waals surface area (Å²) in [6.45, 7) is 6.04. The molecule has 2 aliphatic carbocycles. The SMILES string of the molecule is CC(C)(C)C(=O)n1ccc2cc(COC(c3ccccc3)(c3ccccc3)c3ccccc3)c3c(c21)[C@@H]1C[C@H]3C(O)C1O. The molecule has 5 heteroatoms. The summed E-state index contributed by atoms with van der Waals surface area (Å²) >= 11 is 0. The lowest BCUT2D eigenvalue weighted by Gasteiger charge is -2.37. The van der Waals surface area contributed by atoms with E-state index < -0.39 is 23.2 Å². The van der Waals surface area contributed by atoms with Crippen LogP contribution >= 0.6 is 0 Å². The van der Waals surface area contributed by atoms with E-state index >= 15 is 0 Å². The fraction of sp³-hybridized carbons (Fsp3) is 0.289. The number of benzene rings is 4. The van der Waals surface area contributed by atoms with Crippen LogP contribution in [0.15, 0.2) is 109 Å². The van der Waals surface area contributed by atoms with Crippen molar-refractivity contribution >= 4 is 16.8 Å². The summed E-state index contributed by atoms with van der Waals surface area (Å²) < 4.78 is 8.96. The van der Waals surface area contributed by atoms with Gasteiger partial charge in [-0.15, -0.1) is 0 Å². The lowest BCUT2D eigenvalue weighted by Crippen LogP contribution is -2.34. The first-order valence-electron chi connectivity index (χ1n) is 15.1. The number of hydrogen-bond acceptors (Lipinski definition) is 4. The Morgan fingerprint density at radius 1 is 0.767 bits per heavy atom. The highest BCUT2D eigenvalue weighted by molar-refractivity contribution is 5.98. The number of carbonyl (C=O) groups is 1. The number of aliphatic hydroxyl groups excluding tert-OH is 2. The predicted octanol–water partition coefficient (Wildman–Crippen LogP) is 7.14. The zero-order chi connectivity index (χ0) is 29.9. The minimum atomic E-state index is -0.893. The highest BCUT2D eigenvalue weighted by Gasteiger charge is 2.52. The van der Waals surface area contributed by atoms with E-state index in [1.54, 1.807) is 4.57 Å². The molecule has 0 radical (unpaired) electrons. The molecule has 1 heterocycles. The molecule has 1 aromatic heterocycles. The topological polar surface area (TPSA) is 71.7 Å². The molecule has 0 saturated heterocycles. The van der Waals surface area contributed by atoms with Crippen LogP contribution in [-0.2, 0) is 16.9 Å². The van der Waals surface area contributed by atoms with Gasteiger partial charge in [-0.2, -0.15) is 0 Å². The van der Waals surface area contributed by atoms with Crippen LogP contribution < -0.4 is 0 Å². The molecule has 2 unspecified atom stereocenters. The summed E-state index contributed by atoms with van der Waals surface area (Å²) in [7, 11) is 0. The molecule has 1 saturated carbocycles. The van der Waals surface area contributed by atoms with E-state index in [1.165, 1.54) is 0 Å². The van der Waals surface area contributed by atoms with E-state index in [2.05, 4.69) is 42.5 Å². The van der Waals surface area contributed by atoms with E-state index in [0.29, 0.717) is 6.42 Å². The Bertz CT molecular complexity index is 1690. The molecule has 2 aliphatic rings. The molecular formula is C38H37NO4. The number of aliphatic hydroxyl groups is 2. The second kappa shape index (κ2) is 10.3. The van der Waals surface area contributed by atoms with E-state index in [9.17, 15) is 15.0 Å². The smallest absolute Gasteiger partial charge is 0.236 e. The normalized spacial score (nSPS) is 21.3. The van der Waals surface area contributed by atoms with Gasteiger partial charge in [-0.05, 0) is 51.9 Å². The highest BCUT2D eigenvalue weighted by Crippen LogP contribution is 2.57. The maximum atomic E-state index is 13.5. The molecule has 4 atom stereocenters. The fourth-order valence-corrected chi connectivity index (χ4v) is 7.44. The van der Waals surface area contributed by atoms with Gasteiger partial charge in [-0.1, -0.05) is 112 Å². The molecule has 5 aromatic rings. The van der Waals surface area contributed by atoms with Gasteiger partial charge in [0, 0.05) is 28.8 Å². The van der Waals surface area contributed by atoms with Crippen LogP contribution in [0.25, 0.3) is 10.9 Å². The van der Waals surface area contributed by atoms with Crippen molar-refractivity contribution in [1.82, 2.24) is 4.57 Å². The minimum Gasteiger partial charge on any atom is -0.390 e. The van der Waals surface area contributed by atoms with Gasteiger partial charge in [0.05, 0.1) is 24.3 Å². The third kappa shape index (κ3) is 4.29. The summed E-state index contributed by atoms with van der Waals surface area (Å²) in [6.07, 6.45) is 0.791. The zero-order valence-corrected chi connectivity index (χ0v) is 24.8. The number of aromatic nitrogens is 1. The standard InChI is InChI=1S/C38H37NO4/c1-37(2,3)36(42)39-20-19-24-21-25(31-29-22-30(32(31)33(24)39)35(41)34(29)40)23-43-38(26-13-7-4-8-14-26,27-15-9-5-10-16-27)28-17-11-6-12-18-28/h4-21,29-30,34-35,40-41H,22-23H2,1-3H3/t29-,30+,34?,35?/m1/s1. The Balaban J connectivity index is 1.42. The quantitative estimate of drug-likeness (QED) is 0.213. The minimum absolute atomic E-state index is 0.00256. The molecular weight excluding hydrogens is 534 g/mol. The first-order valence-corrected chi connectivity index (χ1v) is 15.1. The monoisotopic (exact) mass is 571 g/mol. The molecule has 43 heavy (non-hydrogen) atoms. The van der Waals surface area contributed by atoms with Gasteiger partial charge < -0.3 is 14.9 Å². The van der Waals surface area contributed by atoms with E-state index in [0.717, 1.165) is 44.3 Å². The molecule has 5 nitrogen and oxygen atoms in total. The average molecular weight is 572 g/mol. The van der Waals surface area contributed by atoms with Crippen LogP contribution in [0, 0.1) is 5.41 Å². The van der Waals surface area contributed by atoms with Crippen molar-refractivity contribution < 1.29 is 19.7 Å². The Hall–Kier alpha value is -4.03. The average Bonchev–Trinajstić information content (AvgIpc) is 3.71. The fourth-order valence-electron chi connectivity index (χ4n) is 7.44. The molecule has 0 spiro atoms. The van der Waals surface area contributed by atoms with Gasteiger partial charge in [0.25, 0.3) is 0 Å². The second-order valence-corrected chi connectivity index (χ2v) is 13.0. The molecule has 1 fully saturated rings. The zero-order valence-electron chi connectivity index (χ0n) is 24.8. The van der Waals surface area contributed by atoms with Crippen LogP contribution in [0.1, 0.15) is 77.2 Å². The van der Waals surface area contributed by atoms with Crippen LogP contribution in [0.5, 0.6) is 0 Å². The first-order chi connectivity index (χ1) is 20.7. The number of rotatable bonds is 6. The third-order valence-corrected chi connectivity index (χ3v) is 9.41. The van der Waals surface area contributed by atoms with Crippen molar-refractivity contribution in [3.63, 3.8) is 0 Å². The summed E-state index contributed by atoms with van der Waals surface area (Å²) in [5.74, 6) is -0.450.